The van der Waals surface area contributed by atoms with Crippen molar-refractivity contribution in [2.24, 2.45) is 5.92 Å². The Morgan fingerprint density at radius 3 is 2.52 bits per heavy atom. The number of rotatable bonds is 6. The molecule has 0 spiro atoms. The zero-order valence-corrected chi connectivity index (χ0v) is 15.8. The summed E-state index contributed by atoms with van der Waals surface area (Å²) in [7, 11) is 0. The molecule has 0 amide bonds. The van der Waals surface area contributed by atoms with Gasteiger partial charge in [-0.15, -0.1) is 0 Å². The van der Waals surface area contributed by atoms with Crippen molar-refractivity contribution in [3.63, 3.8) is 0 Å². The smallest absolute Gasteiger partial charge is 0.214 e. The third kappa shape index (κ3) is 4.71. The van der Waals surface area contributed by atoms with Crippen LogP contribution in [-0.4, -0.2) is 32.1 Å². The highest BCUT2D eigenvalue weighted by atomic mass is 19.1. The number of pyridine rings is 1. The summed E-state index contributed by atoms with van der Waals surface area (Å²) >= 11 is 0. The molecule has 3 aromatic rings. The summed E-state index contributed by atoms with van der Waals surface area (Å²) < 4.78 is 28.5. The molecule has 0 radical (unpaired) electrons. The number of hydrogen-bond acceptors (Lipinski definition) is 5. The average molecular weight is 399 g/mol. The molecule has 1 atom stereocenters. The highest BCUT2D eigenvalue weighted by Crippen LogP contribution is 2.29. The van der Waals surface area contributed by atoms with Gasteiger partial charge in [0.25, 0.3) is 0 Å². The largest absolute Gasteiger partial charge is 0.373 e. The van der Waals surface area contributed by atoms with Gasteiger partial charge in [0.15, 0.2) is 0 Å². The Morgan fingerprint density at radius 2 is 1.76 bits per heavy atom. The number of aliphatic hydroxyl groups excluding tert-OH is 1. The summed E-state index contributed by atoms with van der Waals surface area (Å²) in [5, 5.41) is 21.1. The van der Waals surface area contributed by atoms with Gasteiger partial charge in [0, 0.05) is 24.2 Å². The van der Waals surface area contributed by atoms with Gasteiger partial charge in [-0.1, -0.05) is 18.2 Å². The third-order valence-corrected chi connectivity index (χ3v) is 5.27. The molecule has 152 valence electrons. The Hall–Kier alpha value is -3.00. The fourth-order valence-electron chi connectivity index (χ4n) is 3.72. The Labute approximate surface area is 167 Å². The van der Waals surface area contributed by atoms with Crippen molar-refractivity contribution in [3.05, 3.63) is 66.5 Å². The minimum Gasteiger partial charge on any atom is -0.373 e. The quantitative estimate of drug-likeness (QED) is 0.432. The van der Waals surface area contributed by atoms with Crippen molar-refractivity contribution >= 4 is 11.6 Å². The normalized spacial score (nSPS) is 20.2. The number of anilines is 2. The lowest BCUT2D eigenvalue weighted by atomic mass is 9.85. The SMILES string of the molecule is OC(Nc1ccn(-c2ccccc2F)n1)C1CCC(Nc2cccc(F)n2)CC1. The van der Waals surface area contributed by atoms with Gasteiger partial charge in [0.1, 0.15) is 29.4 Å². The van der Waals surface area contributed by atoms with Crippen molar-refractivity contribution in [2.75, 3.05) is 10.6 Å². The molecule has 1 unspecified atom stereocenters. The highest BCUT2D eigenvalue weighted by molar-refractivity contribution is 5.39. The Morgan fingerprint density at radius 1 is 0.966 bits per heavy atom. The topological polar surface area (TPSA) is 75.0 Å². The van der Waals surface area contributed by atoms with Gasteiger partial charge >= 0.3 is 0 Å². The number of nitrogens with zero attached hydrogens (tertiary/aromatic N) is 3. The monoisotopic (exact) mass is 399 g/mol. The minimum absolute atomic E-state index is 0.0760. The van der Waals surface area contributed by atoms with Crippen LogP contribution in [0.25, 0.3) is 5.69 Å². The minimum atomic E-state index is -0.743. The zero-order chi connectivity index (χ0) is 20.2. The van der Waals surface area contributed by atoms with Crippen molar-refractivity contribution in [1.82, 2.24) is 14.8 Å². The van der Waals surface area contributed by atoms with Crippen LogP contribution >= 0.6 is 0 Å². The van der Waals surface area contributed by atoms with E-state index in [1.807, 2.05) is 0 Å². The van der Waals surface area contributed by atoms with E-state index in [1.165, 1.54) is 16.8 Å². The summed E-state index contributed by atoms with van der Waals surface area (Å²) in [6.07, 6.45) is 4.24. The van der Waals surface area contributed by atoms with E-state index < -0.39 is 12.2 Å². The maximum absolute atomic E-state index is 13.9. The van der Waals surface area contributed by atoms with Crippen molar-refractivity contribution in [1.29, 1.82) is 0 Å². The predicted octanol–water partition coefficient (Wildman–Crippen LogP) is 3.95. The first kappa shape index (κ1) is 19.3. The summed E-state index contributed by atoms with van der Waals surface area (Å²) in [6.45, 7) is 0. The van der Waals surface area contributed by atoms with E-state index in [4.69, 9.17) is 0 Å². The van der Waals surface area contributed by atoms with Gasteiger partial charge < -0.3 is 15.7 Å². The van der Waals surface area contributed by atoms with Crippen LogP contribution in [0.1, 0.15) is 25.7 Å². The van der Waals surface area contributed by atoms with Gasteiger partial charge in [0.2, 0.25) is 5.95 Å². The molecular weight excluding hydrogens is 376 g/mol. The van der Waals surface area contributed by atoms with Crippen molar-refractivity contribution in [2.45, 2.75) is 38.0 Å². The van der Waals surface area contributed by atoms with E-state index >= 15 is 0 Å². The second-order valence-corrected chi connectivity index (χ2v) is 7.29. The second-order valence-electron chi connectivity index (χ2n) is 7.29. The van der Waals surface area contributed by atoms with Gasteiger partial charge in [0.05, 0.1) is 0 Å². The molecule has 2 heterocycles. The number of aromatic nitrogens is 3. The van der Waals surface area contributed by atoms with Crippen LogP contribution in [0.15, 0.2) is 54.7 Å². The van der Waals surface area contributed by atoms with Gasteiger partial charge in [-0.3, -0.25) is 0 Å². The average Bonchev–Trinajstić information content (AvgIpc) is 3.17. The van der Waals surface area contributed by atoms with Gasteiger partial charge in [-0.25, -0.2) is 14.1 Å². The van der Waals surface area contributed by atoms with E-state index in [0.29, 0.717) is 17.3 Å². The number of nitrogens with one attached hydrogen (secondary N) is 2. The number of hydrogen-bond donors (Lipinski definition) is 3. The van der Waals surface area contributed by atoms with Crippen LogP contribution in [0.5, 0.6) is 0 Å². The molecule has 1 fully saturated rings. The van der Waals surface area contributed by atoms with Gasteiger partial charge in [-0.2, -0.15) is 9.49 Å². The molecule has 1 aliphatic carbocycles. The summed E-state index contributed by atoms with van der Waals surface area (Å²) in [5.41, 5.74) is 0.354. The molecule has 1 aromatic carbocycles. The van der Waals surface area contributed by atoms with E-state index in [-0.39, 0.29) is 17.8 Å². The molecule has 1 aliphatic rings. The van der Waals surface area contributed by atoms with Crippen molar-refractivity contribution in [3.8, 4) is 5.69 Å². The lowest BCUT2D eigenvalue weighted by molar-refractivity contribution is 0.106. The first-order chi connectivity index (χ1) is 14.1. The van der Waals surface area contributed by atoms with E-state index in [0.717, 1.165) is 25.7 Å². The maximum atomic E-state index is 13.9. The van der Waals surface area contributed by atoms with Crippen molar-refractivity contribution < 1.29 is 13.9 Å². The number of benzene rings is 1. The van der Waals surface area contributed by atoms with Crippen LogP contribution in [0, 0.1) is 17.7 Å². The lowest BCUT2D eigenvalue weighted by Crippen LogP contribution is -2.35. The van der Waals surface area contributed by atoms with E-state index in [1.54, 1.807) is 42.6 Å². The first-order valence-electron chi connectivity index (χ1n) is 9.73. The summed E-state index contributed by atoms with van der Waals surface area (Å²) in [5.74, 6) is 0.238. The molecule has 8 heteroatoms. The molecule has 2 aromatic heterocycles. The molecule has 0 saturated heterocycles. The van der Waals surface area contributed by atoms with E-state index in [9.17, 15) is 13.9 Å². The fourth-order valence-corrected chi connectivity index (χ4v) is 3.72. The predicted molar refractivity (Wildman–Crippen MR) is 107 cm³/mol. The number of para-hydroxylation sites is 1. The number of halogens is 2. The first-order valence-corrected chi connectivity index (χ1v) is 9.73. The molecule has 0 aliphatic heterocycles. The molecule has 1 saturated carbocycles. The fraction of sp³-hybridized carbons (Fsp3) is 0.333. The lowest BCUT2D eigenvalue weighted by Gasteiger charge is -2.32. The van der Waals surface area contributed by atoms with Crippen LogP contribution in [0.2, 0.25) is 0 Å². The molecular formula is C21H23F2N5O. The Bertz CT molecular complexity index is 956. The molecule has 29 heavy (non-hydrogen) atoms. The van der Waals surface area contributed by atoms with Crippen LogP contribution in [-0.2, 0) is 0 Å². The third-order valence-electron chi connectivity index (χ3n) is 5.27. The van der Waals surface area contributed by atoms with Gasteiger partial charge in [-0.05, 0) is 49.9 Å². The number of aliphatic hydroxyl groups is 1. The van der Waals surface area contributed by atoms with Crippen LogP contribution in [0.4, 0.5) is 20.4 Å². The zero-order valence-electron chi connectivity index (χ0n) is 15.8. The highest BCUT2D eigenvalue weighted by Gasteiger charge is 2.27. The van der Waals surface area contributed by atoms with E-state index in [2.05, 4.69) is 20.7 Å². The molecule has 4 rings (SSSR count). The standard InChI is InChI=1S/C21H23F2N5O/c22-16-4-1-2-5-17(16)28-13-12-20(27-28)26-21(29)14-8-10-15(11-9-14)24-19-7-3-6-18(23)25-19/h1-7,12-15,21,29H,8-11H2,(H,24,25)(H,26,27). The molecule has 6 nitrogen and oxygen atoms in total. The Balaban J connectivity index is 1.30. The summed E-state index contributed by atoms with van der Waals surface area (Å²) in [4.78, 5) is 3.83. The summed E-state index contributed by atoms with van der Waals surface area (Å²) in [6, 6.07) is 13.0. The maximum Gasteiger partial charge on any atom is 0.214 e. The second kappa shape index (κ2) is 8.57. The van der Waals surface area contributed by atoms with Crippen LogP contribution in [0.3, 0.4) is 0 Å². The van der Waals surface area contributed by atoms with Crippen LogP contribution < -0.4 is 10.6 Å². The Kier molecular flexibility index (Phi) is 5.71. The molecule has 3 N–H and O–H groups in total. The molecule has 0 bridgehead atoms.